The highest BCUT2D eigenvalue weighted by molar-refractivity contribution is 8.00. The van der Waals surface area contributed by atoms with Crippen LogP contribution in [0.4, 0.5) is 0 Å². The van der Waals surface area contributed by atoms with Gasteiger partial charge >= 0.3 is 0 Å². The number of carbonyl (C=O) groups excluding carboxylic acids is 1. The number of aromatic amines is 1. The third-order valence-corrected chi connectivity index (χ3v) is 4.33. The number of hydrogen-bond acceptors (Lipinski definition) is 6. The second-order valence-corrected chi connectivity index (χ2v) is 5.94. The largest absolute Gasteiger partial charge is 0.350 e. The van der Waals surface area contributed by atoms with Crippen LogP contribution in [0.25, 0.3) is 0 Å². The highest BCUT2D eigenvalue weighted by atomic mass is 32.2. The first-order valence-corrected chi connectivity index (χ1v) is 8.03. The van der Waals surface area contributed by atoms with E-state index >= 15 is 0 Å². The molecule has 0 bridgehead atoms. The van der Waals surface area contributed by atoms with E-state index in [0.717, 1.165) is 4.34 Å². The molecule has 6 nitrogen and oxygen atoms in total. The summed E-state index contributed by atoms with van der Waals surface area (Å²) in [6.45, 7) is 2.14. The minimum absolute atomic E-state index is 0.178. The fraction of sp³-hybridized carbons (Fsp3) is 0.333. The molecule has 2 aromatic heterocycles. The number of carbonyl (C=O) groups is 1. The number of aryl methyl sites for hydroxylation is 1. The van der Waals surface area contributed by atoms with Gasteiger partial charge in [-0.15, -0.1) is 11.3 Å². The first-order valence-electron chi connectivity index (χ1n) is 5.93. The first-order chi connectivity index (χ1) is 9.58. The van der Waals surface area contributed by atoms with Crippen LogP contribution in [0, 0.1) is 6.92 Å². The SMILES string of the molecule is CSc1nc(C(=O)NCCc2cc(=O)[nH]c(C)n2)cs1. The van der Waals surface area contributed by atoms with Crippen molar-refractivity contribution in [1.29, 1.82) is 0 Å². The summed E-state index contributed by atoms with van der Waals surface area (Å²) >= 11 is 2.95. The zero-order valence-electron chi connectivity index (χ0n) is 11.1. The Morgan fingerprint density at radius 1 is 1.50 bits per heavy atom. The molecule has 0 radical (unpaired) electrons. The molecule has 2 rings (SSSR count). The van der Waals surface area contributed by atoms with Crippen molar-refractivity contribution in [2.45, 2.75) is 17.7 Å². The fourth-order valence-electron chi connectivity index (χ4n) is 1.62. The minimum Gasteiger partial charge on any atom is -0.350 e. The molecular formula is C12H14N4O2S2. The van der Waals surface area contributed by atoms with Crippen LogP contribution in [-0.2, 0) is 6.42 Å². The summed E-state index contributed by atoms with van der Waals surface area (Å²) in [4.78, 5) is 34.1. The van der Waals surface area contributed by atoms with E-state index in [1.165, 1.54) is 29.2 Å². The maximum atomic E-state index is 11.8. The van der Waals surface area contributed by atoms with Crippen LogP contribution in [0.15, 0.2) is 20.6 Å². The first kappa shape index (κ1) is 14.7. The average molecular weight is 310 g/mol. The fourth-order valence-corrected chi connectivity index (χ4v) is 2.86. The molecule has 0 unspecified atom stereocenters. The third kappa shape index (κ3) is 3.91. The Bertz CT molecular complexity index is 665. The number of nitrogens with one attached hydrogen (secondary N) is 2. The zero-order valence-corrected chi connectivity index (χ0v) is 12.7. The highest BCUT2D eigenvalue weighted by Crippen LogP contribution is 2.19. The standard InChI is InChI=1S/C12H14N4O2S2/c1-7-14-8(5-10(17)15-7)3-4-13-11(18)9-6-20-12(16-9)19-2/h5-6H,3-4H2,1-2H3,(H,13,18)(H,14,15,17). The van der Waals surface area contributed by atoms with Crippen molar-refractivity contribution in [3.8, 4) is 0 Å². The molecule has 8 heteroatoms. The van der Waals surface area contributed by atoms with Crippen LogP contribution >= 0.6 is 23.1 Å². The third-order valence-electron chi connectivity index (χ3n) is 2.47. The van der Waals surface area contributed by atoms with E-state index in [1.807, 2.05) is 6.26 Å². The Morgan fingerprint density at radius 3 is 2.95 bits per heavy atom. The van der Waals surface area contributed by atoms with Crippen LogP contribution in [0.5, 0.6) is 0 Å². The van der Waals surface area contributed by atoms with E-state index in [-0.39, 0.29) is 11.5 Å². The van der Waals surface area contributed by atoms with Gasteiger partial charge in [0.2, 0.25) is 0 Å². The van der Waals surface area contributed by atoms with Gasteiger partial charge in [-0.2, -0.15) is 0 Å². The molecule has 0 aliphatic heterocycles. The van der Waals surface area contributed by atoms with E-state index < -0.39 is 0 Å². The molecule has 0 aliphatic rings. The zero-order chi connectivity index (χ0) is 14.5. The van der Waals surface area contributed by atoms with Gasteiger partial charge in [0.25, 0.3) is 11.5 Å². The summed E-state index contributed by atoms with van der Waals surface area (Å²) in [5, 5.41) is 4.50. The molecule has 0 aromatic carbocycles. The number of nitrogens with zero attached hydrogens (tertiary/aromatic N) is 2. The van der Waals surface area contributed by atoms with Crippen LogP contribution < -0.4 is 10.9 Å². The van der Waals surface area contributed by atoms with Crippen LogP contribution in [0.2, 0.25) is 0 Å². The van der Waals surface area contributed by atoms with Crippen LogP contribution in [-0.4, -0.2) is 33.7 Å². The lowest BCUT2D eigenvalue weighted by Crippen LogP contribution is -2.26. The molecule has 0 spiro atoms. The summed E-state index contributed by atoms with van der Waals surface area (Å²) in [5.74, 6) is 0.367. The van der Waals surface area contributed by atoms with Gasteiger partial charge in [0.05, 0.1) is 0 Å². The summed E-state index contributed by atoms with van der Waals surface area (Å²) in [6, 6.07) is 1.44. The molecule has 0 saturated heterocycles. The van der Waals surface area contributed by atoms with Gasteiger partial charge in [0.1, 0.15) is 15.9 Å². The van der Waals surface area contributed by atoms with E-state index in [4.69, 9.17) is 0 Å². The van der Waals surface area contributed by atoms with Crippen molar-refractivity contribution < 1.29 is 4.79 Å². The van der Waals surface area contributed by atoms with Crippen molar-refractivity contribution in [3.63, 3.8) is 0 Å². The molecule has 1 amide bonds. The number of H-pyrrole nitrogens is 1. The topological polar surface area (TPSA) is 87.7 Å². The Balaban J connectivity index is 1.89. The van der Waals surface area contributed by atoms with Gasteiger partial charge in [-0.25, -0.2) is 9.97 Å². The smallest absolute Gasteiger partial charge is 0.270 e. The van der Waals surface area contributed by atoms with Crippen molar-refractivity contribution in [2.75, 3.05) is 12.8 Å². The predicted octanol–water partition coefficient (Wildman–Crippen LogP) is 1.23. The van der Waals surface area contributed by atoms with Crippen molar-refractivity contribution in [3.05, 3.63) is 39.0 Å². The second-order valence-electron chi connectivity index (χ2n) is 4.03. The minimum atomic E-state index is -0.205. The lowest BCUT2D eigenvalue weighted by molar-refractivity contribution is 0.0949. The lowest BCUT2D eigenvalue weighted by Gasteiger charge is -2.03. The van der Waals surface area contributed by atoms with Gasteiger partial charge in [-0.05, 0) is 13.2 Å². The van der Waals surface area contributed by atoms with E-state index in [0.29, 0.717) is 30.2 Å². The Hall–Kier alpha value is -1.67. The van der Waals surface area contributed by atoms with E-state index in [1.54, 1.807) is 12.3 Å². The highest BCUT2D eigenvalue weighted by Gasteiger charge is 2.09. The molecule has 0 aliphatic carbocycles. The van der Waals surface area contributed by atoms with Gasteiger partial charge in [0.15, 0.2) is 0 Å². The second kappa shape index (κ2) is 6.67. The number of hydrogen-bond donors (Lipinski definition) is 2. The molecular weight excluding hydrogens is 296 g/mol. The summed E-state index contributed by atoms with van der Waals surface area (Å²) in [6.07, 6.45) is 2.43. The van der Waals surface area contributed by atoms with Crippen molar-refractivity contribution >= 4 is 29.0 Å². The van der Waals surface area contributed by atoms with Crippen LogP contribution in [0.3, 0.4) is 0 Å². The molecule has 0 saturated carbocycles. The van der Waals surface area contributed by atoms with Crippen LogP contribution in [0.1, 0.15) is 22.0 Å². The molecule has 106 valence electrons. The van der Waals surface area contributed by atoms with E-state index in [9.17, 15) is 9.59 Å². The number of aromatic nitrogens is 3. The normalized spacial score (nSPS) is 10.5. The molecule has 0 atom stereocenters. The number of thiazole rings is 1. The Labute approximate surface area is 124 Å². The summed E-state index contributed by atoms with van der Waals surface area (Å²) in [5.41, 5.74) is 0.909. The predicted molar refractivity (Wildman–Crippen MR) is 79.5 cm³/mol. The van der Waals surface area contributed by atoms with Gasteiger partial charge in [0, 0.05) is 30.1 Å². The molecule has 2 heterocycles. The van der Waals surface area contributed by atoms with Crippen molar-refractivity contribution in [1.82, 2.24) is 20.3 Å². The quantitative estimate of drug-likeness (QED) is 0.811. The lowest BCUT2D eigenvalue weighted by atomic mass is 10.3. The summed E-state index contributed by atoms with van der Waals surface area (Å²) in [7, 11) is 0. The maximum Gasteiger partial charge on any atom is 0.270 e. The van der Waals surface area contributed by atoms with Crippen molar-refractivity contribution in [2.24, 2.45) is 0 Å². The number of thioether (sulfide) groups is 1. The number of rotatable bonds is 5. The molecule has 2 aromatic rings. The Kier molecular flexibility index (Phi) is 4.91. The monoisotopic (exact) mass is 310 g/mol. The summed E-state index contributed by atoms with van der Waals surface area (Å²) < 4.78 is 0.863. The molecule has 20 heavy (non-hydrogen) atoms. The van der Waals surface area contributed by atoms with Gasteiger partial charge < -0.3 is 10.3 Å². The van der Waals surface area contributed by atoms with Gasteiger partial charge in [-0.1, -0.05) is 11.8 Å². The average Bonchev–Trinajstić information content (AvgIpc) is 2.86. The number of amides is 1. The maximum absolute atomic E-state index is 11.8. The Morgan fingerprint density at radius 2 is 2.30 bits per heavy atom. The van der Waals surface area contributed by atoms with E-state index in [2.05, 4.69) is 20.3 Å². The van der Waals surface area contributed by atoms with Gasteiger partial charge in [-0.3, -0.25) is 9.59 Å². The molecule has 0 fully saturated rings. The molecule has 2 N–H and O–H groups in total.